The normalized spacial score (nSPS) is 10.5. The molecular formula is C14H17ClFN5. The fourth-order valence-electron chi connectivity index (χ4n) is 1.88. The number of halogens is 2. The summed E-state index contributed by atoms with van der Waals surface area (Å²) in [7, 11) is 0. The average Bonchev–Trinajstić information content (AvgIpc) is 2.46. The van der Waals surface area contributed by atoms with Crippen LogP contribution in [0, 0.1) is 12.7 Å². The lowest BCUT2D eigenvalue weighted by Gasteiger charge is -2.14. The van der Waals surface area contributed by atoms with Gasteiger partial charge in [-0.15, -0.1) is 0 Å². The van der Waals surface area contributed by atoms with Gasteiger partial charge in [0, 0.05) is 12.0 Å². The number of hydrogen-bond acceptors (Lipinski definition) is 5. The lowest BCUT2D eigenvalue weighted by Crippen LogP contribution is -2.14. The molecule has 0 atom stereocenters. The van der Waals surface area contributed by atoms with Crippen LogP contribution < -0.4 is 16.6 Å². The molecule has 0 aliphatic carbocycles. The highest BCUT2D eigenvalue weighted by Gasteiger charge is 2.12. The van der Waals surface area contributed by atoms with Crippen molar-refractivity contribution in [3.05, 3.63) is 40.4 Å². The minimum absolute atomic E-state index is 0.375. The van der Waals surface area contributed by atoms with Gasteiger partial charge in [-0.2, -0.15) is 0 Å². The Hall–Kier alpha value is -1.92. The van der Waals surface area contributed by atoms with Crippen LogP contribution in [0.5, 0.6) is 0 Å². The second kappa shape index (κ2) is 6.69. The van der Waals surface area contributed by atoms with Crippen molar-refractivity contribution >= 4 is 28.9 Å². The van der Waals surface area contributed by atoms with Gasteiger partial charge >= 0.3 is 0 Å². The predicted octanol–water partition coefficient (Wildman–Crippen LogP) is 3.56. The van der Waals surface area contributed by atoms with Crippen molar-refractivity contribution in [1.82, 2.24) is 9.97 Å². The number of benzene rings is 1. The van der Waals surface area contributed by atoms with Crippen molar-refractivity contribution < 1.29 is 4.39 Å². The smallest absolute Gasteiger partial charge is 0.148 e. The van der Waals surface area contributed by atoms with Crippen LogP contribution in [0.25, 0.3) is 0 Å². The van der Waals surface area contributed by atoms with Crippen molar-refractivity contribution in [3.8, 4) is 0 Å². The highest BCUT2D eigenvalue weighted by atomic mass is 35.5. The van der Waals surface area contributed by atoms with Gasteiger partial charge in [0.25, 0.3) is 0 Å². The summed E-state index contributed by atoms with van der Waals surface area (Å²) in [5, 5.41) is 3.45. The number of hydrazine groups is 1. The first-order valence-electron chi connectivity index (χ1n) is 6.61. The molecule has 1 heterocycles. The van der Waals surface area contributed by atoms with Crippen molar-refractivity contribution in [3.63, 3.8) is 0 Å². The fraction of sp³-hybridized carbons (Fsp3) is 0.286. The van der Waals surface area contributed by atoms with Gasteiger partial charge in [-0.05, 0) is 31.5 Å². The van der Waals surface area contributed by atoms with Gasteiger partial charge in [0.05, 0.1) is 10.7 Å². The number of nitrogens with zero attached hydrogens (tertiary/aromatic N) is 2. The molecule has 0 amide bonds. The van der Waals surface area contributed by atoms with Crippen LogP contribution in [0.3, 0.4) is 0 Å². The first kappa shape index (κ1) is 15.5. The molecule has 1 aromatic carbocycles. The van der Waals surface area contributed by atoms with Crippen LogP contribution in [-0.2, 0) is 6.42 Å². The van der Waals surface area contributed by atoms with E-state index in [1.807, 2.05) is 13.8 Å². The van der Waals surface area contributed by atoms with Gasteiger partial charge in [-0.1, -0.05) is 18.5 Å². The third-order valence-electron chi connectivity index (χ3n) is 2.98. The average molecular weight is 310 g/mol. The zero-order chi connectivity index (χ0) is 15.4. The zero-order valence-electron chi connectivity index (χ0n) is 11.9. The van der Waals surface area contributed by atoms with E-state index in [1.54, 1.807) is 0 Å². The van der Waals surface area contributed by atoms with Crippen molar-refractivity contribution in [1.29, 1.82) is 0 Å². The summed E-state index contributed by atoms with van der Waals surface area (Å²) in [6.07, 6.45) is 1.63. The molecule has 0 spiro atoms. The van der Waals surface area contributed by atoms with Crippen LogP contribution in [0.4, 0.5) is 21.7 Å². The van der Waals surface area contributed by atoms with E-state index in [9.17, 15) is 4.39 Å². The minimum atomic E-state index is -0.375. The number of hydrogen-bond donors (Lipinski definition) is 3. The van der Waals surface area contributed by atoms with E-state index >= 15 is 0 Å². The Morgan fingerprint density at radius 1 is 1.29 bits per heavy atom. The van der Waals surface area contributed by atoms with E-state index in [0.717, 1.165) is 18.4 Å². The maximum Gasteiger partial charge on any atom is 0.148 e. The van der Waals surface area contributed by atoms with E-state index in [4.69, 9.17) is 17.4 Å². The Kier molecular flexibility index (Phi) is 4.93. The van der Waals surface area contributed by atoms with E-state index < -0.39 is 0 Å². The molecule has 0 radical (unpaired) electrons. The molecule has 0 aliphatic heterocycles. The SMILES string of the molecule is CCCc1nc(NN)c(C)c(Nc2cc(F)ccc2Cl)n1. The number of nitrogens with two attached hydrogens (primary N) is 1. The molecule has 0 unspecified atom stereocenters. The molecule has 0 saturated carbocycles. The monoisotopic (exact) mass is 309 g/mol. The molecule has 0 aliphatic rings. The number of aromatic nitrogens is 2. The van der Waals surface area contributed by atoms with E-state index in [1.165, 1.54) is 18.2 Å². The first-order valence-corrected chi connectivity index (χ1v) is 6.99. The topological polar surface area (TPSA) is 75.9 Å². The molecule has 7 heteroatoms. The summed E-state index contributed by atoms with van der Waals surface area (Å²) in [5.41, 5.74) is 3.73. The van der Waals surface area contributed by atoms with Crippen LogP contribution in [0.2, 0.25) is 5.02 Å². The molecule has 2 aromatic rings. The number of nitrogen functional groups attached to an aromatic ring is 1. The molecule has 5 nitrogen and oxygen atoms in total. The van der Waals surface area contributed by atoms with Crippen LogP contribution >= 0.6 is 11.6 Å². The van der Waals surface area contributed by atoms with Gasteiger partial charge in [-0.25, -0.2) is 20.2 Å². The van der Waals surface area contributed by atoms with Crippen LogP contribution in [0.15, 0.2) is 18.2 Å². The van der Waals surface area contributed by atoms with E-state index in [0.29, 0.717) is 28.2 Å². The third-order valence-corrected chi connectivity index (χ3v) is 3.31. The molecule has 0 saturated heterocycles. The molecule has 4 N–H and O–H groups in total. The lowest BCUT2D eigenvalue weighted by molar-refractivity contribution is 0.628. The minimum Gasteiger partial charge on any atom is -0.339 e. The number of aryl methyl sites for hydroxylation is 1. The summed E-state index contributed by atoms with van der Waals surface area (Å²) in [5.74, 6) is 6.84. The second-order valence-corrected chi connectivity index (χ2v) is 5.01. The van der Waals surface area contributed by atoms with Gasteiger partial charge in [0.1, 0.15) is 23.3 Å². The van der Waals surface area contributed by atoms with Crippen molar-refractivity contribution in [2.24, 2.45) is 5.84 Å². The molecular weight excluding hydrogens is 293 g/mol. The highest BCUT2D eigenvalue weighted by Crippen LogP contribution is 2.28. The maximum absolute atomic E-state index is 13.3. The first-order chi connectivity index (χ1) is 10.0. The second-order valence-electron chi connectivity index (χ2n) is 4.61. The Labute approximate surface area is 127 Å². The summed E-state index contributed by atoms with van der Waals surface area (Å²) in [6.45, 7) is 3.86. The van der Waals surface area contributed by atoms with Crippen LogP contribution in [-0.4, -0.2) is 9.97 Å². The van der Waals surface area contributed by atoms with Crippen molar-refractivity contribution in [2.45, 2.75) is 26.7 Å². The van der Waals surface area contributed by atoms with Gasteiger partial charge < -0.3 is 10.7 Å². The lowest BCUT2D eigenvalue weighted by atomic mass is 10.2. The van der Waals surface area contributed by atoms with Gasteiger partial charge in [-0.3, -0.25) is 0 Å². The van der Waals surface area contributed by atoms with E-state index in [2.05, 4.69) is 20.7 Å². The quantitative estimate of drug-likeness (QED) is 0.581. The maximum atomic E-state index is 13.3. The largest absolute Gasteiger partial charge is 0.339 e. The Bertz CT molecular complexity index is 648. The summed E-state index contributed by atoms with van der Waals surface area (Å²) >= 11 is 6.06. The van der Waals surface area contributed by atoms with E-state index in [-0.39, 0.29) is 5.82 Å². The Balaban J connectivity index is 2.42. The van der Waals surface area contributed by atoms with Crippen molar-refractivity contribution in [2.75, 3.05) is 10.7 Å². The summed E-state index contributed by atoms with van der Waals surface area (Å²) in [6, 6.07) is 4.11. The fourth-order valence-corrected chi connectivity index (χ4v) is 2.05. The third kappa shape index (κ3) is 3.59. The number of anilines is 3. The molecule has 112 valence electrons. The Morgan fingerprint density at radius 3 is 2.67 bits per heavy atom. The summed E-state index contributed by atoms with van der Waals surface area (Å²) < 4.78 is 13.3. The zero-order valence-corrected chi connectivity index (χ0v) is 12.6. The molecule has 21 heavy (non-hydrogen) atoms. The number of rotatable bonds is 5. The molecule has 0 bridgehead atoms. The molecule has 0 fully saturated rings. The standard InChI is InChI=1S/C14H17ClFN5/c1-3-4-12-19-13(8(2)14(20-12)21-17)18-11-7-9(16)5-6-10(11)15/h5-7H,3-4,17H2,1-2H3,(H2,18,19,20,21). The molecule has 2 rings (SSSR count). The summed E-state index contributed by atoms with van der Waals surface area (Å²) in [4.78, 5) is 8.77. The highest BCUT2D eigenvalue weighted by molar-refractivity contribution is 6.33. The predicted molar refractivity (Wildman–Crippen MR) is 83.3 cm³/mol. The van der Waals surface area contributed by atoms with Gasteiger partial charge in [0.15, 0.2) is 0 Å². The number of nitrogens with one attached hydrogen (secondary N) is 2. The molecule has 1 aromatic heterocycles. The van der Waals surface area contributed by atoms with Crippen LogP contribution in [0.1, 0.15) is 24.7 Å². The van der Waals surface area contributed by atoms with Gasteiger partial charge in [0.2, 0.25) is 0 Å². The Morgan fingerprint density at radius 2 is 2.00 bits per heavy atom.